The van der Waals surface area contributed by atoms with Crippen LogP contribution in [0.4, 0.5) is 4.79 Å². The molecule has 0 aliphatic carbocycles. The van der Waals surface area contributed by atoms with E-state index >= 15 is 0 Å². The predicted octanol–water partition coefficient (Wildman–Crippen LogP) is 3.36. The molecule has 1 N–H and O–H groups in total. The highest BCUT2D eigenvalue weighted by Gasteiger charge is 2.43. The van der Waals surface area contributed by atoms with Crippen LogP contribution in [0.15, 0.2) is 0 Å². The number of amides is 3. The average Bonchev–Trinajstić information content (AvgIpc) is 3.30. The van der Waals surface area contributed by atoms with Crippen molar-refractivity contribution in [1.29, 1.82) is 0 Å². The van der Waals surface area contributed by atoms with E-state index in [9.17, 15) is 19.5 Å². The minimum atomic E-state index is -1.05. The first kappa shape index (κ1) is 26.8. The van der Waals surface area contributed by atoms with Crippen LogP contribution in [0.1, 0.15) is 72.6 Å². The number of carboxylic acid groups (broad SMARTS) is 1. The fourth-order valence-electron chi connectivity index (χ4n) is 5.85. The Morgan fingerprint density at radius 1 is 0.941 bits per heavy atom. The van der Waals surface area contributed by atoms with Crippen LogP contribution in [0, 0.1) is 17.8 Å². The van der Waals surface area contributed by atoms with Crippen LogP contribution >= 0.6 is 0 Å². The van der Waals surface area contributed by atoms with Gasteiger partial charge in [-0.25, -0.2) is 4.79 Å². The van der Waals surface area contributed by atoms with Crippen LogP contribution in [-0.4, -0.2) is 101 Å². The van der Waals surface area contributed by atoms with Gasteiger partial charge in [-0.3, -0.25) is 14.5 Å². The maximum Gasteiger partial charge on any atom is 0.408 e. The molecule has 3 aliphatic heterocycles. The van der Waals surface area contributed by atoms with Crippen LogP contribution in [0.2, 0.25) is 0 Å². The van der Waals surface area contributed by atoms with E-state index in [1.807, 2.05) is 18.7 Å². The molecule has 3 fully saturated rings. The van der Waals surface area contributed by atoms with Gasteiger partial charge in [-0.15, -0.1) is 0 Å². The minimum Gasteiger partial charge on any atom is -0.465 e. The summed E-state index contributed by atoms with van der Waals surface area (Å²) < 4.78 is 0. The lowest BCUT2D eigenvalue weighted by Crippen LogP contribution is -2.64. The smallest absolute Gasteiger partial charge is 0.408 e. The van der Waals surface area contributed by atoms with E-state index in [0.29, 0.717) is 18.8 Å². The molecular formula is C26H46N4O4. The summed E-state index contributed by atoms with van der Waals surface area (Å²) in [4.78, 5) is 46.5. The lowest BCUT2D eigenvalue weighted by atomic mass is 9.91. The largest absolute Gasteiger partial charge is 0.465 e. The van der Waals surface area contributed by atoms with Gasteiger partial charge < -0.3 is 19.8 Å². The molecule has 34 heavy (non-hydrogen) atoms. The van der Waals surface area contributed by atoms with Crippen molar-refractivity contribution in [3.8, 4) is 0 Å². The molecular weight excluding hydrogens is 432 g/mol. The first-order valence-corrected chi connectivity index (χ1v) is 13.5. The molecule has 0 saturated carbocycles. The van der Waals surface area contributed by atoms with Crippen LogP contribution in [0.5, 0.6) is 0 Å². The molecule has 0 bridgehead atoms. The van der Waals surface area contributed by atoms with Gasteiger partial charge in [0.2, 0.25) is 11.8 Å². The standard InChI is InChI=1S/C26H46N4O4/c1-19(2)17-22(29-15-16-30(26(33)34)23(25(29)32)18-20(3)4)24(31)28-13-8-21(9-14-28)7-12-27-10-5-6-11-27/h19-23H,5-18H2,1-4H3,(H,33,34)/t22-,23-/m0/s1. The summed E-state index contributed by atoms with van der Waals surface area (Å²) in [5.74, 6) is 0.966. The number of carbonyl (C=O) groups excluding carboxylic acids is 2. The summed E-state index contributed by atoms with van der Waals surface area (Å²) in [6.45, 7) is 13.9. The molecule has 0 aromatic heterocycles. The lowest BCUT2D eigenvalue weighted by molar-refractivity contribution is -0.154. The summed E-state index contributed by atoms with van der Waals surface area (Å²) in [5, 5.41) is 9.64. The number of piperazine rings is 1. The van der Waals surface area contributed by atoms with Gasteiger partial charge >= 0.3 is 6.09 Å². The zero-order chi connectivity index (χ0) is 24.8. The SMILES string of the molecule is CC(C)C[C@H]1C(=O)N([C@@H](CC(C)C)C(=O)N2CCC(CCN3CCCC3)CC2)CCN1C(=O)O. The van der Waals surface area contributed by atoms with Crippen LogP contribution in [0.25, 0.3) is 0 Å². The molecule has 0 aromatic carbocycles. The topological polar surface area (TPSA) is 84.4 Å². The molecule has 0 aromatic rings. The molecule has 0 spiro atoms. The third kappa shape index (κ3) is 6.86. The molecule has 3 rings (SSSR count). The molecule has 3 heterocycles. The molecule has 3 amide bonds. The normalized spacial score (nSPS) is 23.9. The van der Waals surface area contributed by atoms with Gasteiger partial charge in [0.1, 0.15) is 12.1 Å². The number of hydrogen-bond acceptors (Lipinski definition) is 4. The van der Waals surface area contributed by atoms with Crippen LogP contribution < -0.4 is 0 Å². The van der Waals surface area contributed by atoms with Crippen molar-refractivity contribution >= 4 is 17.9 Å². The third-order valence-electron chi connectivity index (χ3n) is 7.80. The second-order valence-corrected chi connectivity index (χ2v) is 11.4. The Balaban J connectivity index is 1.63. The highest BCUT2D eigenvalue weighted by molar-refractivity contribution is 5.92. The summed E-state index contributed by atoms with van der Waals surface area (Å²) in [6.07, 6.45) is 5.96. The van der Waals surface area contributed by atoms with Crippen molar-refractivity contribution in [2.45, 2.75) is 84.7 Å². The van der Waals surface area contributed by atoms with Crippen molar-refractivity contribution in [3.05, 3.63) is 0 Å². The monoisotopic (exact) mass is 478 g/mol. The number of piperidine rings is 1. The minimum absolute atomic E-state index is 0.0483. The van der Waals surface area contributed by atoms with Crippen molar-refractivity contribution in [1.82, 2.24) is 19.6 Å². The van der Waals surface area contributed by atoms with Gasteiger partial charge in [0.15, 0.2) is 0 Å². The van der Waals surface area contributed by atoms with Crippen molar-refractivity contribution in [2.75, 3.05) is 45.8 Å². The van der Waals surface area contributed by atoms with E-state index in [2.05, 4.69) is 18.7 Å². The Kier molecular flexibility index (Phi) is 9.63. The first-order valence-electron chi connectivity index (χ1n) is 13.5. The molecule has 2 atom stereocenters. The zero-order valence-electron chi connectivity index (χ0n) is 21.7. The van der Waals surface area contributed by atoms with E-state index in [1.165, 1.54) is 43.8 Å². The Morgan fingerprint density at radius 3 is 2.15 bits per heavy atom. The Bertz CT molecular complexity index is 699. The number of hydrogen-bond donors (Lipinski definition) is 1. The third-order valence-corrected chi connectivity index (χ3v) is 7.80. The molecule has 194 valence electrons. The molecule has 8 heteroatoms. The molecule has 3 aliphatic rings. The van der Waals surface area contributed by atoms with Gasteiger partial charge in [0.25, 0.3) is 0 Å². The fraction of sp³-hybridized carbons (Fsp3) is 0.885. The molecule has 0 radical (unpaired) electrons. The molecule has 8 nitrogen and oxygen atoms in total. The summed E-state index contributed by atoms with van der Waals surface area (Å²) in [7, 11) is 0. The summed E-state index contributed by atoms with van der Waals surface area (Å²) >= 11 is 0. The Morgan fingerprint density at radius 2 is 1.59 bits per heavy atom. The average molecular weight is 479 g/mol. The van der Waals surface area contributed by atoms with E-state index < -0.39 is 18.2 Å². The highest BCUT2D eigenvalue weighted by Crippen LogP contribution is 2.27. The number of nitrogens with zero attached hydrogens (tertiary/aromatic N) is 4. The van der Waals surface area contributed by atoms with E-state index in [-0.39, 0.29) is 36.7 Å². The van der Waals surface area contributed by atoms with Gasteiger partial charge in [-0.2, -0.15) is 0 Å². The summed E-state index contributed by atoms with van der Waals surface area (Å²) in [5.41, 5.74) is 0. The Hall–Kier alpha value is -1.83. The van der Waals surface area contributed by atoms with E-state index in [1.54, 1.807) is 4.90 Å². The Labute approximate surface area is 205 Å². The maximum atomic E-state index is 13.7. The van der Waals surface area contributed by atoms with Crippen molar-refractivity contribution in [3.63, 3.8) is 0 Å². The molecule has 0 unspecified atom stereocenters. The van der Waals surface area contributed by atoms with Gasteiger partial charge in [0.05, 0.1) is 0 Å². The van der Waals surface area contributed by atoms with E-state index in [0.717, 1.165) is 25.9 Å². The van der Waals surface area contributed by atoms with Gasteiger partial charge in [0, 0.05) is 26.2 Å². The number of rotatable bonds is 9. The highest BCUT2D eigenvalue weighted by atomic mass is 16.4. The number of likely N-dealkylation sites (tertiary alicyclic amines) is 2. The van der Waals surface area contributed by atoms with Gasteiger partial charge in [-0.05, 0) is 82.3 Å². The van der Waals surface area contributed by atoms with Crippen LogP contribution in [-0.2, 0) is 9.59 Å². The van der Waals surface area contributed by atoms with Crippen molar-refractivity contribution in [2.24, 2.45) is 17.8 Å². The number of carbonyl (C=O) groups is 3. The molecule has 3 saturated heterocycles. The van der Waals surface area contributed by atoms with Crippen LogP contribution in [0.3, 0.4) is 0 Å². The maximum absolute atomic E-state index is 13.7. The quantitative estimate of drug-likeness (QED) is 0.549. The van der Waals surface area contributed by atoms with Crippen molar-refractivity contribution < 1.29 is 19.5 Å². The van der Waals surface area contributed by atoms with E-state index in [4.69, 9.17) is 0 Å². The fourth-order valence-corrected chi connectivity index (χ4v) is 5.85. The zero-order valence-corrected chi connectivity index (χ0v) is 21.7. The summed E-state index contributed by atoms with van der Waals surface area (Å²) in [6, 6.07) is -1.20. The first-order chi connectivity index (χ1) is 16.2. The lowest BCUT2D eigenvalue weighted by Gasteiger charge is -2.44. The predicted molar refractivity (Wildman–Crippen MR) is 133 cm³/mol. The van der Waals surface area contributed by atoms with Gasteiger partial charge in [-0.1, -0.05) is 27.7 Å². The second-order valence-electron chi connectivity index (χ2n) is 11.4. The second kappa shape index (κ2) is 12.2.